The molecule has 25 heavy (non-hydrogen) atoms. The Morgan fingerprint density at radius 1 is 1.20 bits per heavy atom. The lowest BCUT2D eigenvalue weighted by atomic mass is 9.94. The normalized spacial score (nSPS) is 17.6. The van der Waals surface area contributed by atoms with E-state index in [0.717, 1.165) is 24.0 Å². The van der Waals surface area contributed by atoms with Crippen LogP contribution in [0.25, 0.3) is 0 Å². The maximum Gasteiger partial charge on any atom is 0.231 e. The lowest BCUT2D eigenvalue weighted by molar-refractivity contribution is -0.125. The van der Waals surface area contributed by atoms with Crippen LogP contribution < -0.4 is 5.32 Å². The monoisotopic (exact) mass is 359 g/mol. The molecule has 2 aromatic rings. The van der Waals surface area contributed by atoms with E-state index in [2.05, 4.69) is 5.32 Å². The number of carbonyl (C=O) groups excluding carboxylic acids is 1. The molecule has 0 aliphatic heterocycles. The summed E-state index contributed by atoms with van der Waals surface area (Å²) < 4.78 is 5.21. The number of nitrogens with one attached hydrogen (secondary N) is 1. The van der Waals surface area contributed by atoms with Gasteiger partial charge in [-0.15, -0.1) is 0 Å². The number of amides is 1. The summed E-state index contributed by atoms with van der Waals surface area (Å²) in [6.45, 7) is 0.235. The van der Waals surface area contributed by atoms with Crippen molar-refractivity contribution in [2.75, 3.05) is 13.7 Å². The highest BCUT2D eigenvalue weighted by Crippen LogP contribution is 2.48. The van der Waals surface area contributed by atoms with Gasteiger partial charge in [0.05, 0.1) is 18.1 Å². The van der Waals surface area contributed by atoms with Crippen molar-refractivity contribution in [2.24, 2.45) is 0 Å². The molecule has 1 amide bonds. The third-order valence-corrected chi connectivity index (χ3v) is 5.02. The van der Waals surface area contributed by atoms with E-state index < -0.39 is 17.6 Å². The van der Waals surface area contributed by atoms with E-state index in [9.17, 15) is 9.90 Å². The molecule has 0 bridgehead atoms. The standard InChI is InChI=1S/C20H22ClNO3/c1-25-13-17(18(23)14-5-3-2-4-6-14)22-19(24)20(11-12-20)15-7-9-16(21)10-8-15/h2-10,17-18,23H,11-13H2,1H3,(H,22,24). The Morgan fingerprint density at radius 3 is 2.40 bits per heavy atom. The van der Waals surface area contributed by atoms with Crippen LogP contribution in [-0.2, 0) is 14.9 Å². The van der Waals surface area contributed by atoms with Crippen molar-refractivity contribution in [3.05, 3.63) is 70.7 Å². The van der Waals surface area contributed by atoms with Crippen LogP contribution in [0.2, 0.25) is 5.02 Å². The lowest BCUT2D eigenvalue weighted by Gasteiger charge is -2.26. The van der Waals surface area contributed by atoms with Crippen LogP contribution >= 0.6 is 11.6 Å². The molecule has 2 N–H and O–H groups in total. The molecule has 0 radical (unpaired) electrons. The molecule has 2 unspecified atom stereocenters. The van der Waals surface area contributed by atoms with Gasteiger partial charge in [0.15, 0.2) is 0 Å². The Hall–Kier alpha value is -1.88. The largest absolute Gasteiger partial charge is 0.386 e. The van der Waals surface area contributed by atoms with E-state index in [0.29, 0.717) is 5.02 Å². The second-order valence-corrected chi connectivity index (χ2v) is 6.92. The summed E-state index contributed by atoms with van der Waals surface area (Å²) in [5.41, 5.74) is 1.19. The summed E-state index contributed by atoms with van der Waals surface area (Å²) in [5.74, 6) is -0.0770. The predicted octanol–water partition coefficient (Wildman–Crippen LogP) is 3.24. The van der Waals surface area contributed by atoms with Crippen molar-refractivity contribution in [1.29, 1.82) is 0 Å². The van der Waals surface area contributed by atoms with Crippen molar-refractivity contribution in [2.45, 2.75) is 30.4 Å². The fourth-order valence-corrected chi connectivity index (χ4v) is 3.25. The number of methoxy groups -OCH3 is 1. The Kier molecular flexibility index (Phi) is 5.42. The third kappa shape index (κ3) is 3.87. The number of rotatable bonds is 7. The molecule has 0 aromatic heterocycles. The number of aliphatic hydroxyl groups excluding tert-OH is 1. The highest BCUT2D eigenvalue weighted by molar-refractivity contribution is 6.30. The molecule has 3 rings (SSSR count). The van der Waals surface area contributed by atoms with Gasteiger partial charge >= 0.3 is 0 Å². The molecular formula is C20H22ClNO3. The van der Waals surface area contributed by atoms with Crippen LogP contribution in [0.4, 0.5) is 0 Å². The summed E-state index contributed by atoms with van der Waals surface area (Å²) in [6.07, 6.45) is 0.759. The number of ether oxygens (including phenoxy) is 1. The van der Waals surface area contributed by atoms with Gasteiger partial charge in [-0.05, 0) is 36.1 Å². The van der Waals surface area contributed by atoms with Gasteiger partial charge in [0.1, 0.15) is 6.10 Å². The zero-order valence-corrected chi connectivity index (χ0v) is 14.9. The Morgan fingerprint density at radius 2 is 1.84 bits per heavy atom. The first-order valence-corrected chi connectivity index (χ1v) is 8.73. The molecule has 132 valence electrons. The van der Waals surface area contributed by atoms with Gasteiger partial charge in [0.25, 0.3) is 0 Å². The van der Waals surface area contributed by atoms with Gasteiger partial charge in [-0.1, -0.05) is 54.1 Å². The van der Waals surface area contributed by atoms with Crippen LogP contribution in [0, 0.1) is 0 Å². The van der Waals surface area contributed by atoms with Crippen LogP contribution in [0.1, 0.15) is 30.1 Å². The Balaban J connectivity index is 1.76. The Labute approximate surface area is 152 Å². The molecule has 4 nitrogen and oxygen atoms in total. The van der Waals surface area contributed by atoms with Gasteiger partial charge in [0, 0.05) is 12.1 Å². The summed E-state index contributed by atoms with van der Waals surface area (Å²) in [5, 5.41) is 14.3. The molecule has 0 spiro atoms. The third-order valence-electron chi connectivity index (χ3n) is 4.77. The molecule has 0 saturated heterocycles. The van der Waals surface area contributed by atoms with Crippen molar-refractivity contribution >= 4 is 17.5 Å². The van der Waals surface area contributed by atoms with Crippen molar-refractivity contribution < 1.29 is 14.6 Å². The minimum atomic E-state index is -0.828. The van der Waals surface area contributed by atoms with E-state index in [4.69, 9.17) is 16.3 Å². The summed E-state index contributed by atoms with van der Waals surface area (Å²) >= 11 is 5.95. The molecular weight excluding hydrogens is 338 g/mol. The molecule has 2 atom stereocenters. The smallest absolute Gasteiger partial charge is 0.231 e. The first-order chi connectivity index (χ1) is 12.1. The fraction of sp³-hybridized carbons (Fsp3) is 0.350. The van der Waals surface area contributed by atoms with Gasteiger partial charge in [-0.3, -0.25) is 4.79 Å². The van der Waals surface area contributed by atoms with Crippen molar-refractivity contribution in [3.63, 3.8) is 0 Å². The first-order valence-electron chi connectivity index (χ1n) is 8.36. The van der Waals surface area contributed by atoms with E-state index in [1.807, 2.05) is 42.5 Å². The number of aliphatic hydroxyl groups is 1. The molecule has 2 aromatic carbocycles. The molecule has 0 heterocycles. The first kappa shape index (κ1) is 17.9. The summed E-state index contributed by atoms with van der Waals surface area (Å²) in [7, 11) is 1.56. The van der Waals surface area contributed by atoms with Crippen LogP contribution in [0.3, 0.4) is 0 Å². The average molecular weight is 360 g/mol. The molecule has 1 fully saturated rings. The number of halogens is 1. The lowest BCUT2D eigenvalue weighted by Crippen LogP contribution is -2.46. The summed E-state index contributed by atoms with van der Waals surface area (Å²) in [4.78, 5) is 12.9. The van der Waals surface area contributed by atoms with Crippen molar-refractivity contribution in [3.8, 4) is 0 Å². The maximum atomic E-state index is 12.9. The van der Waals surface area contributed by atoms with Gasteiger partial charge in [-0.2, -0.15) is 0 Å². The van der Waals surface area contributed by atoms with Crippen LogP contribution in [-0.4, -0.2) is 30.8 Å². The highest BCUT2D eigenvalue weighted by atomic mass is 35.5. The number of carbonyl (C=O) groups is 1. The SMILES string of the molecule is COCC(NC(=O)C1(c2ccc(Cl)cc2)CC1)C(O)c1ccccc1. The zero-order chi connectivity index (χ0) is 17.9. The highest BCUT2D eigenvalue weighted by Gasteiger charge is 2.51. The molecule has 1 aliphatic carbocycles. The number of hydrogen-bond donors (Lipinski definition) is 2. The topological polar surface area (TPSA) is 58.6 Å². The Bertz CT molecular complexity index is 713. The van der Waals surface area contributed by atoms with Gasteiger partial charge in [-0.25, -0.2) is 0 Å². The van der Waals surface area contributed by atoms with Crippen LogP contribution in [0.5, 0.6) is 0 Å². The van der Waals surface area contributed by atoms with E-state index in [-0.39, 0.29) is 12.5 Å². The molecule has 5 heteroatoms. The number of hydrogen-bond acceptors (Lipinski definition) is 3. The van der Waals surface area contributed by atoms with E-state index >= 15 is 0 Å². The zero-order valence-electron chi connectivity index (χ0n) is 14.1. The maximum absolute atomic E-state index is 12.9. The summed E-state index contributed by atoms with van der Waals surface area (Å²) in [6, 6.07) is 16.2. The minimum absolute atomic E-state index is 0.0770. The average Bonchev–Trinajstić information content (AvgIpc) is 3.44. The second-order valence-electron chi connectivity index (χ2n) is 6.48. The fourth-order valence-electron chi connectivity index (χ4n) is 3.12. The van der Waals surface area contributed by atoms with E-state index in [1.165, 1.54) is 0 Å². The predicted molar refractivity (Wildman–Crippen MR) is 97.6 cm³/mol. The quantitative estimate of drug-likeness (QED) is 0.798. The molecule has 1 saturated carbocycles. The minimum Gasteiger partial charge on any atom is -0.386 e. The van der Waals surface area contributed by atoms with Gasteiger partial charge < -0.3 is 15.2 Å². The van der Waals surface area contributed by atoms with Crippen LogP contribution in [0.15, 0.2) is 54.6 Å². The second kappa shape index (κ2) is 7.56. The molecule has 1 aliphatic rings. The van der Waals surface area contributed by atoms with Gasteiger partial charge in [0.2, 0.25) is 5.91 Å². The van der Waals surface area contributed by atoms with E-state index in [1.54, 1.807) is 19.2 Å². The van der Waals surface area contributed by atoms with Crippen molar-refractivity contribution in [1.82, 2.24) is 5.32 Å². The number of benzene rings is 2.